The minimum atomic E-state index is -0.280. The first-order valence-corrected chi connectivity index (χ1v) is 8.59. The Hall–Kier alpha value is -3.55. The molecule has 0 saturated carbocycles. The summed E-state index contributed by atoms with van der Waals surface area (Å²) in [5.74, 6) is -0.540. The van der Waals surface area contributed by atoms with Crippen LogP contribution in [0.3, 0.4) is 0 Å². The summed E-state index contributed by atoms with van der Waals surface area (Å²) in [6, 6.07) is 11.4. The number of nitrogens with zero attached hydrogens (tertiary/aromatic N) is 3. The van der Waals surface area contributed by atoms with Gasteiger partial charge in [0, 0.05) is 19.3 Å². The van der Waals surface area contributed by atoms with Crippen molar-refractivity contribution < 1.29 is 9.59 Å². The molecule has 3 rings (SSSR count). The highest BCUT2D eigenvalue weighted by molar-refractivity contribution is 5.93. The molecule has 0 unspecified atom stereocenters. The molecule has 8 heteroatoms. The molecule has 3 N–H and O–H groups in total. The summed E-state index contributed by atoms with van der Waals surface area (Å²) >= 11 is 0. The van der Waals surface area contributed by atoms with E-state index < -0.39 is 0 Å². The SMILES string of the molecule is Cc1cncc(C(=O)NCCCNC(=O)c2cc(-c3ccccc3)[nH]n2)n1. The third kappa shape index (κ3) is 4.97. The van der Waals surface area contributed by atoms with Crippen LogP contribution >= 0.6 is 0 Å². The van der Waals surface area contributed by atoms with Gasteiger partial charge in [-0.3, -0.25) is 19.7 Å². The average molecular weight is 364 g/mol. The molecular weight excluding hydrogens is 344 g/mol. The van der Waals surface area contributed by atoms with E-state index in [1.165, 1.54) is 6.20 Å². The van der Waals surface area contributed by atoms with Crippen LogP contribution in [0.1, 0.15) is 33.1 Å². The van der Waals surface area contributed by atoms with E-state index in [1.807, 2.05) is 30.3 Å². The van der Waals surface area contributed by atoms with Crippen LogP contribution in [0, 0.1) is 6.92 Å². The van der Waals surface area contributed by atoms with Crippen LogP contribution in [0.4, 0.5) is 0 Å². The number of amides is 2. The third-order valence-corrected chi connectivity index (χ3v) is 3.81. The lowest BCUT2D eigenvalue weighted by Crippen LogP contribution is -2.30. The second kappa shape index (κ2) is 8.70. The summed E-state index contributed by atoms with van der Waals surface area (Å²) in [6.45, 7) is 2.62. The number of carbonyl (C=O) groups is 2. The van der Waals surface area contributed by atoms with Gasteiger partial charge in [0.25, 0.3) is 11.8 Å². The third-order valence-electron chi connectivity index (χ3n) is 3.81. The molecule has 0 spiro atoms. The Balaban J connectivity index is 1.41. The molecule has 0 atom stereocenters. The fourth-order valence-electron chi connectivity index (χ4n) is 2.45. The van der Waals surface area contributed by atoms with Crippen LogP contribution in [0.2, 0.25) is 0 Å². The van der Waals surface area contributed by atoms with Crippen molar-refractivity contribution in [3.05, 3.63) is 65.9 Å². The van der Waals surface area contributed by atoms with Gasteiger partial charge in [-0.05, 0) is 25.0 Å². The second-order valence-corrected chi connectivity index (χ2v) is 5.94. The van der Waals surface area contributed by atoms with Gasteiger partial charge in [0.1, 0.15) is 5.69 Å². The lowest BCUT2D eigenvalue weighted by atomic mass is 10.1. The van der Waals surface area contributed by atoms with E-state index in [1.54, 1.807) is 19.2 Å². The van der Waals surface area contributed by atoms with Gasteiger partial charge in [-0.15, -0.1) is 0 Å². The van der Waals surface area contributed by atoms with Crippen LogP contribution in [-0.4, -0.2) is 45.1 Å². The molecule has 8 nitrogen and oxygen atoms in total. The predicted octanol–water partition coefficient (Wildman–Crippen LogP) is 1.73. The summed E-state index contributed by atoms with van der Waals surface area (Å²) in [5, 5.41) is 12.4. The molecule has 2 amide bonds. The van der Waals surface area contributed by atoms with Crippen molar-refractivity contribution in [1.82, 2.24) is 30.8 Å². The van der Waals surface area contributed by atoms with Gasteiger partial charge in [0.2, 0.25) is 0 Å². The van der Waals surface area contributed by atoms with Crippen LogP contribution in [-0.2, 0) is 0 Å². The van der Waals surface area contributed by atoms with Crippen LogP contribution < -0.4 is 10.6 Å². The smallest absolute Gasteiger partial charge is 0.271 e. The fraction of sp³-hybridized carbons (Fsp3) is 0.211. The first kappa shape index (κ1) is 18.2. The number of nitrogens with one attached hydrogen (secondary N) is 3. The van der Waals surface area contributed by atoms with Gasteiger partial charge < -0.3 is 10.6 Å². The number of H-pyrrole nitrogens is 1. The van der Waals surface area contributed by atoms with Crippen molar-refractivity contribution in [3.8, 4) is 11.3 Å². The molecule has 0 aliphatic carbocycles. The number of aromatic amines is 1. The number of aryl methyl sites for hydroxylation is 1. The Kier molecular flexibility index (Phi) is 5.88. The number of rotatable bonds is 7. The van der Waals surface area contributed by atoms with E-state index >= 15 is 0 Å². The zero-order valence-corrected chi connectivity index (χ0v) is 14.9. The molecular formula is C19H20N6O2. The molecule has 0 fully saturated rings. The average Bonchev–Trinajstić information content (AvgIpc) is 3.18. The summed E-state index contributed by atoms with van der Waals surface area (Å²) in [6.07, 6.45) is 3.60. The maximum Gasteiger partial charge on any atom is 0.271 e. The van der Waals surface area contributed by atoms with E-state index in [0.29, 0.717) is 30.9 Å². The van der Waals surface area contributed by atoms with Gasteiger partial charge in [0.05, 0.1) is 17.6 Å². The highest BCUT2D eigenvalue weighted by Crippen LogP contribution is 2.16. The molecule has 2 heterocycles. The van der Waals surface area contributed by atoms with E-state index in [-0.39, 0.29) is 17.5 Å². The molecule has 2 aromatic heterocycles. The van der Waals surface area contributed by atoms with Crippen molar-refractivity contribution in [1.29, 1.82) is 0 Å². The standard InChI is InChI=1S/C19H20N6O2/c1-13-11-20-12-17(23-13)19(27)22-9-5-8-21-18(26)16-10-15(24-25-16)14-6-3-2-4-7-14/h2-4,6-7,10-12H,5,8-9H2,1H3,(H,21,26)(H,22,27)(H,24,25). The van der Waals surface area contributed by atoms with Crippen molar-refractivity contribution in [2.24, 2.45) is 0 Å². The number of carbonyl (C=O) groups excluding carboxylic acids is 2. The largest absolute Gasteiger partial charge is 0.351 e. The van der Waals surface area contributed by atoms with Crippen LogP contribution in [0.15, 0.2) is 48.8 Å². The molecule has 27 heavy (non-hydrogen) atoms. The Morgan fingerprint density at radius 1 is 1.00 bits per heavy atom. The van der Waals surface area contributed by atoms with Crippen molar-refractivity contribution in [3.63, 3.8) is 0 Å². The number of hydrogen-bond donors (Lipinski definition) is 3. The number of aromatic nitrogens is 4. The van der Waals surface area contributed by atoms with Gasteiger partial charge in [-0.2, -0.15) is 5.10 Å². The second-order valence-electron chi connectivity index (χ2n) is 5.94. The van der Waals surface area contributed by atoms with E-state index in [4.69, 9.17) is 0 Å². The van der Waals surface area contributed by atoms with E-state index in [2.05, 4.69) is 30.8 Å². The maximum atomic E-state index is 12.1. The fourth-order valence-corrected chi connectivity index (χ4v) is 2.45. The van der Waals surface area contributed by atoms with E-state index in [9.17, 15) is 9.59 Å². The molecule has 0 bridgehead atoms. The van der Waals surface area contributed by atoms with E-state index in [0.717, 1.165) is 11.3 Å². The highest BCUT2D eigenvalue weighted by atomic mass is 16.2. The topological polar surface area (TPSA) is 113 Å². The summed E-state index contributed by atoms with van der Waals surface area (Å²) in [4.78, 5) is 32.1. The molecule has 0 saturated heterocycles. The Bertz CT molecular complexity index is 923. The van der Waals surface area contributed by atoms with Gasteiger partial charge in [0.15, 0.2) is 5.69 Å². The summed E-state index contributed by atoms with van der Waals surface area (Å²) < 4.78 is 0. The van der Waals surface area contributed by atoms with Crippen LogP contribution in [0.25, 0.3) is 11.3 Å². The predicted molar refractivity (Wildman–Crippen MR) is 100 cm³/mol. The van der Waals surface area contributed by atoms with Gasteiger partial charge in [-0.1, -0.05) is 30.3 Å². The van der Waals surface area contributed by atoms with Crippen LogP contribution in [0.5, 0.6) is 0 Å². The first-order chi connectivity index (χ1) is 13.1. The maximum absolute atomic E-state index is 12.1. The van der Waals surface area contributed by atoms with Gasteiger partial charge >= 0.3 is 0 Å². The normalized spacial score (nSPS) is 10.4. The Morgan fingerprint density at radius 2 is 1.70 bits per heavy atom. The molecule has 0 aliphatic heterocycles. The molecule has 138 valence electrons. The molecule has 0 radical (unpaired) electrons. The quantitative estimate of drug-likeness (QED) is 0.553. The number of benzene rings is 1. The Labute approximate surface area is 156 Å². The minimum absolute atomic E-state index is 0.260. The summed E-state index contributed by atoms with van der Waals surface area (Å²) in [5.41, 5.74) is 3.04. The number of hydrogen-bond acceptors (Lipinski definition) is 5. The zero-order chi connectivity index (χ0) is 19.1. The molecule has 1 aromatic carbocycles. The monoisotopic (exact) mass is 364 g/mol. The van der Waals surface area contributed by atoms with Crippen molar-refractivity contribution in [2.75, 3.05) is 13.1 Å². The minimum Gasteiger partial charge on any atom is -0.351 e. The Morgan fingerprint density at radius 3 is 2.41 bits per heavy atom. The summed E-state index contributed by atoms with van der Waals surface area (Å²) in [7, 11) is 0. The van der Waals surface area contributed by atoms with Crippen molar-refractivity contribution in [2.45, 2.75) is 13.3 Å². The highest BCUT2D eigenvalue weighted by Gasteiger charge is 2.11. The molecule has 0 aliphatic rings. The van der Waals surface area contributed by atoms with Gasteiger partial charge in [-0.25, -0.2) is 4.98 Å². The zero-order valence-electron chi connectivity index (χ0n) is 14.9. The lowest BCUT2D eigenvalue weighted by molar-refractivity contribution is 0.0946. The molecule has 3 aromatic rings. The van der Waals surface area contributed by atoms with Crippen molar-refractivity contribution >= 4 is 11.8 Å². The first-order valence-electron chi connectivity index (χ1n) is 8.59. The lowest BCUT2D eigenvalue weighted by Gasteiger charge is -2.05.